The van der Waals surface area contributed by atoms with E-state index in [4.69, 9.17) is 16.7 Å². The largest absolute Gasteiger partial charge is 0.477 e. The summed E-state index contributed by atoms with van der Waals surface area (Å²) in [7, 11) is 0. The average molecular weight is 407 g/mol. The lowest BCUT2D eigenvalue weighted by molar-refractivity contribution is -0.120. The SMILES string of the molecule is O=C(Cc1cc(F)ccc1F)NCc1cc(Cl)cc2cc(C(=O)O)c(=O)[nH]c12. The van der Waals surface area contributed by atoms with Crippen molar-refractivity contribution in [3.05, 3.63) is 80.1 Å². The molecule has 144 valence electrons. The molecule has 3 aromatic rings. The number of H-pyrrole nitrogens is 1. The molecule has 0 unspecified atom stereocenters. The maximum Gasteiger partial charge on any atom is 0.341 e. The van der Waals surface area contributed by atoms with Crippen LogP contribution < -0.4 is 10.9 Å². The van der Waals surface area contributed by atoms with Gasteiger partial charge in [0.05, 0.1) is 11.9 Å². The molecule has 1 amide bonds. The van der Waals surface area contributed by atoms with Crippen molar-refractivity contribution in [2.45, 2.75) is 13.0 Å². The van der Waals surface area contributed by atoms with Gasteiger partial charge in [-0.2, -0.15) is 0 Å². The van der Waals surface area contributed by atoms with Crippen molar-refractivity contribution >= 4 is 34.4 Å². The van der Waals surface area contributed by atoms with Gasteiger partial charge in [-0.1, -0.05) is 11.6 Å². The number of carbonyl (C=O) groups is 2. The zero-order valence-electron chi connectivity index (χ0n) is 14.2. The number of pyridine rings is 1. The molecular formula is C19H13ClF2N2O4. The first-order valence-electron chi connectivity index (χ1n) is 8.04. The lowest BCUT2D eigenvalue weighted by Gasteiger charge is -2.10. The van der Waals surface area contributed by atoms with Crippen LogP contribution in [0.25, 0.3) is 10.9 Å². The van der Waals surface area contributed by atoms with E-state index in [9.17, 15) is 23.2 Å². The van der Waals surface area contributed by atoms with Crippen LogP contribution in [0, 0.1) is 11.6 Å². The quantitative estimate of drug-likeness (QED) is 0.606. The Morgan fingerprint density at radius 2 is 1.86 bits per heavy atom. The third-order valence-electron chi connectivity index (χ3n) is 4.06. The van der Waals surface area contributed by atoms with Gasteiger partial charge in [0, 0.05) is 22.5 Å². The van der Waals surface area contributed by atoms with Gasteiger partial charge in [0.1, 0.15) is 17.2 Å². The van der Waals surface area contributed by atoms with Gasteiger partial charge in [0.2, 0.25) is 5.91 Å². The summed E-state index contributed by atoms with van der Waals surface area (Å²) in [6, 6.07) is 7.00. The molecule has 0 saturated heterocycles. The minimum Gasteiger partial charge on any atom is -0.477 e. The van der Waals surface area contributed by atoms with E-state index in [0.29, 0.717) is 16.5 Å². The Bertz CT molecular complexity index is 1160. The number of hydrogen-bond donors (Lipinski definition) is 3. The Balaban J connectivity index is 1.85. The number of amides is 1. The highest BCUT2D eigenvalue weighted by Crippen LogP contribution is 2.22. The molecule has 0 bridgehead atoms. The van der Waals surface area contributed by atoms with E-state index in [2.05, 4.69) is 10.3 Å². The molecule has 0 spiro atoms. The van der Waals surface area contributed by atoms with Crippen LogP contribution in [0.5, 0.6) is 0 Å². The predicted molar refractivity (Wildman–Crippen MR) is 98.4 cm³/mol. The Kier molecular flexibility index (Phi) is 5.41. The van der Waals surface area contributed by atoms with Crippen molar-refractivity contribution in [1.29, 1.82) is 0 Å². The molecule has 2 aromatic carbocycles. The Morgan fingerprint density at radius 3 is 2.57 bits per heavy atom. The van der Waals surface area contributed by atoms with Gasteiger partial charge < -0.3 is 15.4 Å². The van der Waals surface area contributed by atoms with Gasteiger partial charge in [0.25, 0.3) is 5.56 Å². The summed E-state index contributed by atoms with van der Waals surface area (Å²) in [6.45, 7) is -0.0603. The lowest BCUT2D eigenvalue weighted by Crippen LogP contribution is -2.25. The summed E-state index contributed by atoms with van der Waals surface area (Å²) in [5.74, 6) is -3.30. The van der Waals surface area contributed by atoms with Crippen molar-refractivity contribution in [1.82, 2.24) is 10.3 Å². The van der Waals surface area contributed by atoms with E-state index in [1.165, 1.54) is 18.2 Å². The lowest BCUT2D eigenvalue weighted by atomic mass is 10.1. The van der Waals surface area contributed by atoms with Crippen LogP contribution >= 0.6 is 11.6 Å². The van der Waals surface area contributed by atoms with E-state index >= 15 is 0 Å². The number of nitrogens with one attached hydrogen (secondary N) is 2. The third-order valence-corrected chi connectivity index (χ3v) is 4.28. The number of fused-ring (bicyclic) bond motifs is 1. The van der Waals surface area contributed by atoms with Crippen molar-refractivity contribution < 1.29 is 23.5 Å². The van der Waals surface area contributed by atoms with Crippen LogP contribution in [0.2, 0.25) is 5.02 Å². The maximum atomic E-state index is 13.7. The second kappa shape index (κ2) is 7.77. The molecule has 3 rings (SSSR count). The molecule has 0 atom stereocenters. The van der Waals surface area contributed by atoms with E-state index < -0.39 is 34.6 Å². The Labute approximate surface area is 161 Å². The fourth-order valence-corrected chi connectivity index (χ4v) is 3.01. The topological polar surface area (TPSA) is 99.3 Å². The number of rotatable bonds is 5. The molecule has 0 aliphatic rings. The first kappa shape index (κ1) is 19.5. The van der Waals surface area contributed by atoms with Crippen LogP contribution in [0.15, 0.2) is 41.2 Å². The average Bonchev–Trinajstić information content (AvgIpc) is 2.62. The van der Waals surface area contributed by atoms with Gasteiger partial charge in [-0.05, 0) is 42.0 Å². The number of aromatic amines is 1. The van der Waals surface area contributed by atoms with E-state index in [1.54, 1.807) is 0 Å². The highest BCUT2D eigenvalue weighted by molar-refractivity contribution is 6.31. The standard InChI is InChI=1S/C19H13ClF2N2O4/c20-12-3-10-6-14(19(27)28)18(26)24-17(10)11(4-12)8-23-16(25)7-9-5-13(21)1-2-15(9)22/h1-6H,7-8H2,(H,23,25)(H,24,26)(H,27,28). The van der Waals surface area contributed by atoms with Gasteiger partial charge in [0.15, 0.2) is 0 Å². The predicted octanol–water partition coefficient (Wildman–Crippen LogP) is 3.02. The van der Waals surface area contributed by atoms with Gasteiger partial charge >= 0.3 is 5.97 Å². The highest BCUT2D eigenvalue weighted by Gasteiger charge is 2.14. The van der Waals surface area contributed by atoms with Crippen molar-refractivity contribution in [3.8, 4) is 0 Å². The van der Waals surface area contributed by atoms with Crippen LogP contribution in [0.3, 0.4) is 0 Å². The second-order valence-corrected chi connectivity index (χ2v) is 6.47. The molecular weight excluding hydrogens is 394 g/mol. The first-order chi connectivity index (χ1) is 13.2. The molecule has 0 fully saturated rings. The molecule has 28 heavy (non-hydrogen) atoms. The first-order valence-corrected chi connectivity index (χ1v) is 8.42. The number of benzene rings is 2. The summed E-state index contributed by atoms with van der Waals surface area (Å²) in [6.07, 6.45) is -0.373. The molecule has 1 aromatic heterocycles. The van der Waals surface area contributed by atoms with Crippen LogP contribution in [-0.2, 0) is 17.8 Å². The number of halogens is 3. The number of aromatic nitrogens is 1. The zero-order valence-corrected chi connectivity index (χ0v) is 14.9. The van der Waals surface area contributed by atoms with E-state index in [-0.39, 0.29) is 23.6 Å². The fraction of sp³-hybridized carbons (Fsp3) is 0.105. The summed E-state index contributed by atoms with van der Waals surface area (Å²) >= 11 is 6.04. The molecule has 9 heteroatoms. The molecule has 0 saturated carbocycles. The summed E-state index contributed by atoms with van der Waals surface area (Å²) in [5.41, 5.74) is -0.572. The minimum absolute atomic E-state index is 0.0603. The summed E-state index contributed by atoms with van der Waals surface area (Å²) < 4.78 is 26.9. The monoisotopic (exact) mass is 406 g/mol. The number of carboxylic acids is 1. The van der Waals surface area contributed by atoms with Crippen LogP contribution in [-0.4, -0.2) is 22.0 Å². The van der Waals surface area contributed by atoms with E-state index in [1.807, 2.05) is 0 Å². The number of carboxylic acid groups (broad SMARTS) is 1. The Hall–Kier alpha value is -3.26. The van der Waals surface area contributed by atoms with Gasteiger partial charge in [-0.25, -0.2) is 13.6 Å². The molecule has 1 heterocycles. The zero-order chi connectivity index (χ0) is 20.4. The molecule has 0 radical (unpaired) electrons. The van der Waals surface area contributed by atoms with Crippen molar-refractivity contribution in [2.24, 2.45) is 0 Å². The van der Waals surface area contributed by atoms with Crippen LogP contribution in [0.4, 0.5) is 8.78 Å². The number of hydrogen-bond acceptors (Lipinski definition) is 3. The molecule has 3 N–H and O–H groups in total. The summed E-state index contributed by atoms with van der Waals surface area (Å²) in [4.78, 5) is 37.6. The fourth-order valence-electron chi connectivity index (χ4n) is 2.76. The highest BCUT2D eigenvalue weighted by atomic mass is 35.5. The van der Waals surface area contributed by atoms with Crippen molar-refractivity contribution in [3.63, 3.8) is 0 Å². The van der Waals surface area contributed by atoms with Gasteiger partial charge in [-0.15, -0.1) is 0 Å². The normalized spacial score (nSPS) is 10.8. The van der Waals surface area contributed by atoms with Crippen molar-refractivity contribution in [2.75, 3.05) is 0 Å². The molecule has 6 nitrogen and oxygen atoms in total. The number of aromatic carboxylic acids is 1. The van der Waals surface area contributed by atoms with Gasteiger partial charge in [-0.3, -0.25) is 9.59 Å². The third kappa shape index (κ3) is 4.17. The van der Waals surface area contributed by atoms with Crippen LogP contribution in [0.1, 0.15) is 21.5 Å². The smallest absolute Gasteiger partial charge is 0.341 e. The second-order valence-electron chi connectivity index (χ2n) is 6.04. The minimum atomic E-state index is -1.38. The summed E-state index contributed by atoms with van der Waals surface area (Å²) in [5, 5.41) is 12.3. The Morgan fingerprint density at radius 1 is 1.11 bits per heavy atom. The van der Waals surface area contributed by atoms with E-state index in [0.717, 1.165) is 18.2 Å². The molecule has 0 aliphatic heterocycles. The molecule has 0 aliphatic carbocycles. The maximum absolute atomic E-state index is 13.7. The number of carbonyl (C=O) groups excluding carboxylic acids is 1.